The van der Waals surface area contributed by atoms with Crippen LogP contribution in [0.1, 0.15) is 15.9 Å². The third kappa shape index (κ3) is 3.41. The Bertz CT molecular complexity index is 1210. The van der Waals surface area contributed by atoms with Gasteiger partial charge in [-0.3, -0.25) is 9.69 Å². The van der Waals surface area contributed by atoms with E-state index in [1.807, 2.05) is 42.5 Å². The number of fused-ring (bicyclic) bond motifs is 2. The average Bonchev–Trinajstić information content (AvgIpc) is 3.39. The number of halogens is 1. The highest BCUT2D eigenvalue weighted by atomic mass is 35.5. The van der Waals surface area contributed by atoms with Gasteiger partial charge in [0, 0.05) is 5.56 Å². The van der Waals surface area contributed by atoms with Crippen LogP contribution < -0.4 is 14.4 Å². The maximum absolute atomic E-state index is 13.5. The number of nitrogens with zero attached hydrogens (tertiary/aromatic N) is 2. The maximum atomic E-state index is 13.5. The number of carbonyl (C=O) groups excluding carboxylic acids is 1. The molecule has 0 fully saturated rings. The first-order valence-corrected chi connectivity index (χ1v) is 10.2. The van der Waals surface area contributed by atoms with Crippen molar-refractivity contribution in [2.75, 3.05) is 11.7 Å². The van der Waals surface area contributed by atoms with Gasteiger partial charge in [0.1, 0.15) is 5.52 Å². The van der Waals surface area contributed by atoms with Crippen molar-refractivity contribution in [2.24, 2.45) is 0 Å². The predicted molar refractivity (Wildman–Crippen MR) is 114 cm³/mol. The zero-order chi connectivity index (χ0) is 19.8. The minimum absolute atomic E-state index is 0.164. The van der Waals surface area contributed by atoms with E-state index in [0.717, 1.165) is 10.3 Å². The Morgan fingerprint density at radius 2 is 1.86 bits per heavy atom. The molecule has 144 valence electrons. The quantitative estimate of drug-likeness (QED) is 0.434. The summed E-state index contributed by atoms with van der Waals surface area (Å²) in [6.45, 7) is 0.558. The Kier molecular flexibility index (Phi) is 4.58. The first kappa shape index (κ1) is 18.0. The summed E-state index contributed by atoms with van der Waals surface area (Å²) in [5.41, 5.74) is 2.22. The zero-order valence-electron chi connectivity index (χ0n) is 15.2. The number of aromatic nitrogens is 1. The second-order valence-electron chi connectivity index (χ2n) is 6.53. The zero-order valence-corrected chi connectivity index (χ0v) is 16.7. The molecule has 1 aliphatic heterocycles. The number of hydrogen-bond acceptors (Lipinski definition) is 5. The number of hydrogen-bond donors (Lipinski definition) is 0. The molecule has 0 N–H and O–H groups in total. The summed E-state index contributed by atoms with van der Waals surface area (Å²) in [7, 11) is 0. The molecule has 5 rings (SSSR count). The molecule has 0 saturated heterocycles. The molecule has 29 heavy (non-hydrogen) atoms. The Hall–Kier alpha value is -3.09. The summed E-state index contributed by atoms with van der Waals surface area (Å²) < 4.78 is 11.7. The number of amides is 1. The monoisotopic (exact) mass is 422 g/mol. The van der Waals surface area contributed by atoms with Crippen LogP contribution in [0.25, 0.3) is 10.2 Å². The number of rotatable bonds is 4. The fourth-order valence-corrected chi connectivity index (χ4v) is 4.46. The van der Waals surface area contributed by atoms with Gasteiger partial charge in [-0.2, -0.15) is 0 Å². The van der Waals surface area contributed by atoms with Crippen LogP contribution in [0.15, 0.2) is 66.7 Å². The molecule has 5 nitrogen and oxygen atoms in total. The second-order valence-corrected chi connectivity index (χ2v) is 7.94. The van der Waals surface area contributed by atoms with E-state index < -0.39 is 0 Å². The number of ether oxygens (including phenoxy) is 2. The van der Waals surface area contributed by atoms with Crippen molar-refractivity contribution >= 4 is 44.2 Å². The number of benzene rings is 3. The van der Waals surface area contributed by atoms with Gasteiger partial charge in [0.2, 0.25) is 6.79 Å². The van der Waals surface area contributed by atoms with Gasteiger partial charge >= 0.3 is 0 Å². The second kappa shape index (κ2) is 7.39. The van der Waals surface area contributed by atoms with Crippen LogP contribution in [-0.4, -0.2) is 17.7 Å². The first-order valence-electron chi connectivity index (χ1n) is 8.99. The van der Waals surface area contributed by atoms with Crippen LogP contribution in [0, 0.1) is 0 Å². The normalized spacial score (nSPS) is 12.3. The molecular formula is C22H15ClN2O3S. The van der Waals surface area contributed by atoms with Gasteiger partial charge in [0.15, 0.2) is 16.6 Å². The third-order valence-corrected chi connectivity index (χ3v) is 5.99. The fraction of sp³-hybridized carbons (Fsp3) is 0.0909. The fourth-order valence-electron chi connectivity index (χ4n) is 3.20. The molecule has 0 bridgehead atoms. The smallest absolute Gasteiger partial charge is 0.260 e. The third-order valence-electron chi connectivity index (χ3n) is 4.64. The van der Waals surface area contributed by atoms with E-state index in [1.54, 1.807) is 29.2 Å². The molecule has 0 unspecified atom stereocenters. The molecule has 0 atom stereocenters. The largest absolute Gasteiger partial charge is 0.454 e. The molecule has 3 aromatic carbocycles. The molecule has 0 saturated carbocycles. The van der Waals surface area contributed by atoms with Crippen molar-refractivity contribution in [1.29, 1.82) is 0 Å². The number of carbonyl (C=O) groups is 1. The lowest BCUT2D eigenvalue weighted by molar-refractivity contribution is 0.0984. The average molecular weight is 423 g/mol. The Morgan fingerprint density at radius 3 is 2.69 bits per heavy atom. The lowest BCUT2D eigenvalue weighted by atomic mass is 10.1. The van der Waals surface area contributed by atoms with Crippen LogP contribution in [0.3, 0.4) is 0 Å². The molecule has 1 amide bonds. The van der Waals surface area contributed by atoms with Crippen LogP contribution in [0.5, 0.6) is 11.5 Å². The molecule has 0 radical (unpaired) electrons. The molecule has 4 aromatic rings. The highest BCUT2D eigenvalue weighted by Gasteiger charge is 2.24. The Labute approximate surface area is 176 Å². The number of anilines is 1. The van der Waals surface area contributed by atoms with Crippen LogP contribution in [0.4, 0.5) is 5.13 Å². The molecule has 0 spiro atoms. The van der Waals surface area contributed by atoms with E-state index in [1.165, 1.54) is 11.3 Å². The summed E-state index contributed by atoms with van der Waals surface area (Å²) in [5, 5.41) is 1.17. The van der Waals surface area contributed by atoms with Gasteiger partial charge in [0.05, 0.1) is 16.3 Å². The molecule has 1 aliphatic rings. The van der Waals surface area contributed by atoms with E-state index in [2.05, 4.69) is 4.98 Å². The van der Waals surface area contributed by atoms with Crippen LogP contribution in [0.2, 0.25) is 5.02 Å². The minimum Gasteiger partial charge on any atom is -0.454 e. The van der Waals surface area contributed by atoms with Crippen molar-refractivity contribution in [3.05, 3.63) is 82.9 Å². The van der Waals surface area contributed by atoms with Crippen molar-refractivity contribution in [2.45, 2.75) is 6.54 Å². The van der Waals surface area contributed by atoms with Gasteiger partial charge in [-0.25, -0.2) is 4.98 Å². The lowest BCUT2D eigenvalue weighted by Crippen LogP contribution is -2.30. The molecule has 2 heterocycles. The first-order chi connectivity index (χ1) is 14.2. The predicted octanol–water partition coefficient (Wildman–Crippen LogP) is 5.53. The summed E-state index contributed by atoms with van der Waals surface area (Å²) in [4.78, 5) is 19.8. The van der Waals surface area contributed by atoms with Gasteiger partial charge in [0.25, 0.3) is 5.91 Å². The lowest BCUT2D eigenvalue weighted by Gasteiger charge is -2.20. The maximum Gasteiger partial charge on any atom is 0.260 e. The number of thiazole rings is 1. The van der Waals surface area contributed by atoms with Gasteiger partial charge in [-0.15, -0.1) is 0 Å². The van der Waals surface area contributed by atoms with E-state index in [0.29, 0.717) is 39.3 Å². The van der Waals surface area contributed by atoms with Crippen molar-refractivity contribution in [3.63, 3.8) is 0 Å². The van der Waals surface area contributed by atoms with E-state index >= 15 is 0 Å². The van der Waals surface area contributed by atoms with Crippen molar-refractivity contribution in [3.8, 4) is 11.5 Å². The molecule has 0 aliphatic carbocycles. The highest BCUT2D eigenvalue weighted by molar-refractivity contribution is 7.22. The Morgan fingerprint density at radius 1 is 1.03 bits per heavy atom. The summed E-state index contributed by atoms with van der Waals surface area (Å²) >= 11 is 7.75. The molecular weight excluding hydrogens is 408 g/mol. The molecule has 7 heteroatoms. The van der Waals surface area contributed by atoms with Gasteiger partial charge in [-0.05, 0) is 35.9 Å². The van der Waals surface area contributed by atoms with Gasteiger partial charge in [-0.1, -0.05) is 59.3 Å². The standard InChI is InChI=1S/C22H15ClN2O3S/c23-16-7-4-8-19-20(16)24-22(29-19)25(12-14-5-2-1-3-6-14)21(26)15-9-10-17-18(11-15)28-13-27-17/h1-11H,12-13H2. The van der Waals surface area contributed by atoms with E-state index in [4.69, 9.17) is 21.1 Å². The van der Waals surface area contributed by atoms with Crippen LogP contribution in [-0.2, 0) is 6.54 Å². The highest BCUT2D eigenvalue weighted by Crippen LogP contribution is 2.36. The van der Waals surface area contributed by atoms with Crippen molar-refractivity contribution < 1.29 is 14.3 Å². The Balaban J connectivity index is 1.57. The number of para-hydroxylation sites is 1. The molecule has 1 aromatic heterocycles. The summed E-state index contributed by atoms with van der Waals surface area (Å²) in [6, 6.07) is 20.7. The topological polar surface area (TPSA) is 51.7 Å². The van der Waals surface area contributed by atoms with Crippen molar-refractivity contribution in [1.82, 2.24) is 4.98 Å². The van der Waals surface area contributed by atoms with Crippen LogP contribution >= 0.6 is 22.9 Å². The SMILES string of the molecule is O=C(c1ccc2c(c1)OCO2)N(Cc1ccccc1)c1nc2c(Cl)cccc2s1. The minimum atomic E-state index is -0.165. The summed E-state index contributed by atoms with van der Waals surface area (Å²) in [5.74, 6) is 1.05. The van der Waals surface area contributed by atoms with E-state index in [-0.39, 0.29) is 12.7 Å². The van der Waals surface area contributed by atoms with Gasteiger partial charge < -0.3 is 9.47 Å². The van der Waals surface area contributed by atoms with E-state index in [9.17, 15) is 4.79 Å². The summed E-state index contributed by atoms with van der Waals surface area (Å²) in [6.07, 6.45) is 0.